The van der Waals surface area contributed by atoms with Crippen molar-refractivity contribution in [3.05, 3.63) is 34.6 Å². The maximum atomic E-state index is 13.0. The molecule has 1 aromatic carbocycles. The fourth-order valence-corrected chi connectivity index (χ4v) is 3.98. The highest BCUT2D eigenvalue weighted by Gasteiger charge is 2.13. The first-order chi connectivity index (χ1) is 13.1. The number of carbonyl (C=O) groups is 1. The number of ether oxygens (including phenoxy) is 1. The van der Waals surface area contributed by atoms with Gasteiger partial charge in [0.25, 0.3) is 5.56 Å². The zero-order valence-corrected chi connectivity index (χ0v) is 16.5. The molecule has 0 spiro atoms. The number of nitrogens with one attached hydrogen (secondary N) is 1. The van der Waals surface area contributed by atoms with E-state index in [1.807, 2.05) is 24.3 Å². The van der Waals surface area contributed by atoms with Gasteiger partial charge in [-0.1, -0.05) is 23.9 Å². The maximum absolute atomic E-state index is 13.0. The van der Waals surface area contributed by atoms with Crippen LogP contribution in [-0.2, 0) is 16.1 Å². The highest BCUT2D eigenvalue weighted by Crippen LogP contribution is 2.18. The third-order valence-electron chi connectivity index (χ3n) is 4.49. The molecule has 0 radical (unpaired) electrons. The van der Waals surface area contributed by atoms with E-state index in [2.05, 4.69) is 10.2 Å². The lowest BCUT2D eigenvalue weighted by molar-refractivity contribution is -0.118. The molecule has 27 heavy (non-hydrogen) atoms. The third kappa shape index (κ3) is 5.54. The Kier molecular flexibility index (Phi) is 7.25. The molecule has 0 unspecified atom stereocenters. The maximum Gasteiger partial charge on any atom is 0.262 e. The average molecular weight is 391 g/mol. The standard InChI is InChI=1S/C19H26N4O3S/c1-15(24)20-7-14-27-19-21-17-6-3-2-5-16(17)18(25)23(19)9-4-8-22-10-12-26-13-11-22/h2-3,5-6H,4,7-14H2,1H3,(H,20,24). The smallest absolute Gasteiger partial charge is 0.262 e. The average Bonchev–Trinajstić information content (AvgIpc) is 2.68. The molecule has 1 fully saturated rings. The van der Waals surface area contributed by atoms with Gasteiger partial charge < -0.3 is 10.1 Å². The number of hydrogen-bond donors (Lipinski definition) is 1. The molecule has 3 rings (SSSR count). The van der Waals surface area contributed by atoms with Crippen molar-refractivity contribution in [3.8, 4) is 0 Å². The molecule has 146 valence electrons. The molecule has 1 aliphatic rings. The molecular formula is C19H26N4O3S. The molecule has 1 saturated heterocycles. The topological polar surface area (TPSA) is 76.5 Å². The van der Waals surface area contributed by atoms with Crippen molar-refractivity contribution in [1.82, 2.24) is 19.8 Å². The van der Waals surface area contributed by atoms with Crippen LogP contribution in [0.5, 0.6) is 0 Å². The number of aromatic nitrogens is 2. The largest absolute Gasteiger partial charge is 0.379 e. The number of thioether (sulfide) groups is 1. The summed E-state index contributed by atoms with van der Waals surface area (Å²) in [5.74, 6) is 0.623. The van der Waals surface area contributed by atoms with Crippen LogP contribution in [0.1, 0.15) is 13.3 Å². The normalized spacial score (nSPS) is 15.1. The lowest BCUT2D eigenvalue weighted by Gasteiger charge is -2.26. The number of para-hydroxylation sites is 1. The highest BCUT2D eigenvalue weighted by molar-refractivity contribution is 7.99. The number of hydrogen-bond acceptors (Lipinski definition) is 6. The van der Waals surface area contributed by atoms with Crippen molar-refractivity contribution < 1.29 is 9.53 Å². The van der Waals surface area contributed by atoms with Crippen LogP contribution in [0.3, 0.4) is 0 Å². The van der Waals surface area contributed by atoms with Crippen LogP contribution in [0.25, 0.3) is 10.9 Å². The van der Waals surface area contributed by atoms with Gasteiger partial charge >= 0.3 is 0 Å². The Balaban J connectivity index is 1.73. The summed E-state index contributed by atoms with van der Waals surface area (Å²) >= 11 is 1.51. The van der Waals surface area contributed by atoms with Crippen molar-refractivity contribution >= 4 is 28.6 Å². The van der Waals surface area contributed by atoms with Gasteiger partial charge in [-0.3, -0.25) is 19.1 Å². The van der Waals surface area contributed by atoms with Crippen LogP contribution in [0.15, 0.2) is 34.2 Å². The van der Waals surface area contributed by atoms with Gasteiger partial charge in [0.05, 0.1) is 24.1 Å². The van der Waals surface area contributed by atoms with Crippen LogP contribution in [-0.4, -0.2) is 65.5 Å². The first kappa shape index (κ1) is 19.9. The number of morpholine rings is 1. The number of benzene rings is 1. The van der Waals surface area contributed by atoms with Gasteiger partial charge in [-0.05, 0) is 18.6 Å². The van der Waals surface area contributed by atoms with Crippen LogP contribution >= 0.6 is 11.8 Å². The lowest BCUT2D eigenvalue weighted by Crippen LogP contribution is -2.37. The number of carbonyl (C=O) groups excluding carboxylic acids is 1. The first-order valence-electron chi connectivity index (χ1n) is 9.32. The summed E-state index contributed by atoms with van der Waals surface area (Å²) in [5.41, 5.74) is 0.721. The predicted molar refractivity (Wildman–Crippen MR) is 107 cm³/mol. The second-order valence-electron chi connectivity index (χ2n) is 6.51. The quantitative estimate of drug-likeness (QED) is 0.417. The van der Waals surface area contributed by atoms with Crippen LogP contribution < -0.4 is 10.9 Å². The molecule has 1 N–H and O–H groups in total. The minimum Gasteiger partial charge on any atom is -0.379 e. The molecule has 0 bridgehead atoms. The van der Waals surface area contributed by atoms with E-state index in [1.165, 1.54) is 18.7 Å². The van der Waals surface area contributed by atoms with Crippen molar-refractivity contribution in [2.75, 3.05) is 45.1 Å². The molecule has 1 aliphatic heterocycles. The molecule has 2 heterocycles. The Morgan fingerprint density at radius 3 is 2.81 bits per heavy atom. The molecule has 0 aliphatic carbocycles. The summed E-state index contributed by atoms with van der Waals surface area (Å²) in [6.07, 6.45) is 0.888. The van der Waals surface area contributed by atoms with Crippen LogP contribution in [0, 0.1) is 0 Å². The molecular weight excluding hydrogens is 364 g/mol. The van der Waals surface area contributed by atoms with Crippen molar-refractivity contribution in [2.45, 2.75) is 25.0 Å². The Morgan fingerprint density at radius 1 is 1.26 bits per heavy atom. The zero-order valence-electron chi connectivity index (χ0n) is 15.6. The van der Waals surface area contributed by atoms with Gasteiger partial charge in [0, 0.05) is 45.4 Å². The Hall–Kier alpha value is -1.90. The number of rotatable bonds is 8. The van der Waals surface area contributed by atoms with E-state index in [0.717, 1.165) is 39.3 Å². The van der Waals surface area contributed by atoms with Gasteiger partial charge in [-0.2, -0.15) is 0 Å². The predicted octanol–water partition coefficient (Wildman–Crippen LogP) is 1.35. The van der Waals surface area contributed by atoms with Gasteiger partial charge in [-0.25, -0.2) is 4.98 Å². The molecule has 1 amide bonds. The van der Waals surface area contributed by atoms with Crippen molar-refractivity contribution in [2.24, 2.45) is 0 Å². The molecule has 0 atom stereocenters. The lowest BCUT2D eigenvalue weighted by atomic mass is 10.2. The summed E-state index contributed by atoms with van der Waals surface area (Å²) in [6.45, 7) is 7.09. The van der Waals surface area contributed by atoms with E-state index >= 15 is 0 Å². The summed E-state index contributed by atoms with van der Waals surface area (Å²) in [5, 5.41) is 4.14. The van der Waals surface area contributed by atoms with Crippen LogP contribution in [0.2, 0.25) is 0 Å². The van der Waals surface area contributed by atoms with E-state index in [1.54, 1.807) is 4.57 Å². The fraction of sp³-hybridized carbons (Fsp3) is 0.526. The fourth-order valence-electron chi connectivity index (χ4n) is 3.10. The minimum atomic E-state index is -0.0510. The zero-order chi connectivity index (χ0) is 19.1. The van der Waals surface area contributed by atoms with Gasteiger partial charge in [-0.15, -0.1) is 0 Å². The highest BCUT2D eigenvalue weighted by atomic mass is 32.2. The molecule has 0 saturated carbocycles. The number of fused-ring (bicyclic) bond motifs is 1. The molecule has 1 aromatic heterocycles. The van der Waals surface area contributed by atoms with Crippen molar-refractivity contribution in [1.29, 1.82) is 0 Å². The summed E-state index contributed by atoms with van der Waals surface area (Å²) in [6, 6.07) is 7.46. The Morgan fingerprint density at radius 2 is 2.04 bits per heavy atom. The monoisotopic (exact) mass is 390 g/mol. The van der Waals surface area contributed by atoms with E-state index in [4.69, 9.17) is 9.72 Å². The second kappa shape index (κ2) is 9.87. The van der Waals surface area contributed by atoms with E-state index < -0.39 is 0 Å². The molecule has 8 heteroatoms. The SMILES string of the molecule is CC(=O)NCCSc1nc2ccccc2c(=O)n1CCCN1CCOCC1. The first-order valence-corrected chi connectivity index (χ1v) is 10.3. The van der Waals surface area contributed by atoms with Gasteiger partial charge in [0.15, 0.2) is 5.16 Å². The third-order valence-corrected chi connectivity index (χ3v) is 5.47. The summed E-state index contributed by atoms with van der Waals surface area (Å²) in [7, 11) is 0. The van der Waals surface area contributed by atoms with Gasteiger partial charge in [0.1, 0.15) is 0 Å². The summed E-state index contributed by atoms with van der Waals surface area (Å²) in [4.78, 5) is 31.1. The van der Waals surface area contributed by atoms with Gasteiger partial charge in [0.2, 0.25) is 5.91 Å². The molecule has 7 nitrogen and oxygen atoms in total. The minimum absolute atomic E-state index is 0.00426. The Bertz CT molecular complexity index is 833. The Labute approximate surface area is 163 Å². The van der Waals surface area contributed by atoms with E-state index in [-0.39, 0.29) is 11.5 Å². The number of nitrogens with zero attached hydrogens (tertiary/aromatic N) is 3. The molecule has 2 aromatic rings. The number of amides is 1. The van der Waals surface area contributed by atoms with E-state index in [9.17, 15) is 9.59 Å². The summed E-state index contributed by atoms with van der Waals surface area (Å²) < 4.78 is 7.16. The van der Waals surface area contributed by atoms with E-state index in [0.29, 0.717) is 34.9 Å². The van der Waals surface area contributed by atoms with Crippen LogP contribution in [0.4, 0.5) is 0 Å². The second-order valence-corrected chi connectivity index (χ2v) is 7.57. The van der Waals surface area contributed by atoms with Crippen molar-refractivity contribution in [3.63, 3.8) is 0 Å².